The predicted octanol–water partition coefficient (Wildman–Crippen LogP) is 4.14. The number of hydrogen-bond acceptors (Lipinski definition) is 3. The van der Waals surface area contributed by atoms with Crippen molar-refractivity contribution in [3.8, 4) is 0 Å². The SMILES string of the molecule is CCC(C)(C)[P+](=O)OC(C)COC(C)(C)C. The summed E-state index contributed by atoms with van der Waals surface area (Å²) in [4.78, 5) is 0. The van der Waals surface area contributed by atoms with Gasteiger partial charge in [0.1, 0.15) is 6.10 Å². The average molecular weight is 249 g/mol. The van der Waals surface area contributed by atoms with Crippen molar-refractivity contribution < 1.29 is 13.8 Å². The largest absolute Gasteiger partial charge is 0.514 e. The molecule has 0 saturated heterocycles. The molecule has 96 valence electrons. The molecule has 3 nitrogen and oxygen atoms in total. The maximum absolute atomic E-state index is 11.9. The fourth-order valence-electron chi connectivity index (χ4n) is 0.833. The van der Waals surface area contributed by atoms with Gasteiger partial charge in [-0.1, -0.05) is 6.92 Å². The molecular formula is C12H26O3P+. The lowest BCUT2D eigenvalue weighted by Crippen LogP contribution is -2.26. The highest BCUT2D eigenvalue weighted by Gasteiger charge is 2.41. The topological polar surface area (TPSA) is 35.5 Å². The maximum Gasteiger partial charge on any atom is 0.514 e. The highest BCUT2D eigenvalue weighted by molar-refractivity contribution is 7.41. The van der Waals surface area contributed by atoms with Crippen LogP contribution in [-0.4, -0.2) is 23.5 Å². The van der Waals surface area contributed by atoms with Gasteiger partial charge in [-0.2, -0.15) is 0 Å². The van der Waals surface area contributed by atoms with Crippen molar-refractivity contribution in [3.05, 3.63) is 0 Å². The molecule has 0 aliphatic rings. The van der Waals surface area contributed by atoms with Gasteiger partial charge in [0.2, 0.25) is 0 Å². The highest BCUT2D eigenvalue weighted by Crippen LogP contribution is 2.42. The van der Waals surface area contributed by atoms with E-state index in [9.17, 15) is 4.57 Å². The van der Waals surface area contributed by atoms with Crippen molar-refractivity contribution in [1.29, 1.82) is 0 Å². The van der Waals surface area contributed by atoms with E-state index in [-0.39, 0.29) is 16.9 Å². The molecule has 0 bridgehead atoms. The smallest absolute Gasteiger partial charge is 0.373 e. The molecule has 0 rings (SSSR count). The fourth-order valence-corrected chi connectivity index (χ4v) is 1.76. The standard InChI is InChI=1S/C12H26O3P/c1-8-12(6,7)16(13)15-10(2)9-14-11(3,4)5/h10H,8-9H2,1-7H3/q+1. The van der Waals surface area contributed by atoms with Crippen LogP contribution in [-0.2, 0) is 13.8 Å². The first-order valence-corrected chi connectivity index (χ1v) is 7.04. The van der Waals surface area contributed by atoms with Crippen LogP contribution in [0.2, 0.25) is 0 Å². The van der Waals surface area contributed by atoms with Gasteiger partial charge < -0.3 is 4.74 Å². The molecule has 0 N–H and O–H groups in total. The van der Waals surface area contributed by atoms with E-state index in [0.717, 1.165) is 6.42 Å². The quantitative estimate of drug-likeness (QED) is 0.664. The second kappa shape index (κ2) is 6.09. The van der Waals surface area contributed by atoms with Crippen molar-refractivity contribution in [2.75, 3.05) is 6.61 Å². The first kappa shape index (κ1) is 16.0. The lowest BCUT2D eigenvalue weighted by Gasteiger charge is -2.21. The van der Waals surface area contributed by atoms with Gasteiger partial charge in [0.15, 0.2) is 5.16 Å². The van der Waals surface area contributed by atoms with Crippen LogP contribution < -0.4 is 0 Å². The monoisotopic (exact) mass is 249 g/mol. The Hall–Kier alpha value is 0.0200. The van der Waals surface area contributed by atoms with E-state index in [4.69, 9.17) is 9.26 Å². The molecule has 0 fully saturated rings. The Bertz CT molecular complexity index is 231. The second-order valence-corrected chi connectivity index (χ2v) is 7.70. The van der Waals surface area contributed by atoms with Gasteiger partial charge >= 0.3 is 8.03 Å². The summed E-state index contributed by atoms with van der Waals surface area (Å²) < 4.78 is 23.0. The van der Waals surface area contributed by atoms with Gasteiger partial charge in [-0.15, -0.1) is 4.52 Å². The Morgan fingerprint density at radius 1 is 1.19 bits per heavy atom. The van der Waals surface area contributed by atoms with Crippen LogP contribution in [0.3, 0.4) is 0 Å². The Balaban J connectivity index is 4.06. The number of rotatable bonds is 6. The molecule has 4 heteroatoms. The minimum atomic E-state index is -1.64. The molecule has 0 amide bonds. The van der Waals surface area contributed by atoms with E-state index in [1.54, 1.807) is 0 Å². The van der Waals surface area contributed by atoms with E-state index in [1.807, 2.05) is 48.5 Å². The molecule has 0 saturated carbocycles. The zero-order valence-corrected chi connectivity index (χ0v) is 12.6. The molecule has 0 aliphatic heterocycles. The third-order valence-corrected chi connectivity index (χ3v) is 4.24. The van der Waals surface area contributed by atoms with Gasteiger partial charge in [-0.25, -0.2) is 0 Å². The molecule has 0 heterocycles. The average Bonchev–Trinajstić information content (AvgIpc) is 2.13. The molecule has 0 aromatic heterocycles. The van der Waals surface area contributed by atoms with Crippen LogP contribution in [0.5, 0.6) is 0 Å². The Labute approximate surface area is 101 Å². The molecule has 0 radical (unpaired) electrons. The van der Waals surface area contributed by atoms with Crippen molar-refractivity contribution >= 4 is 8.03 Å². The maximum atomic E-state index is 11.9. The molecule has 16 heavy (non-hydrogen) atoms. The highest BCUT2D eigenvalue weighted by atomic mass is 31.1. The van der Waals surface area contributed by atoms with Crippen molar-refractivity contribution in [2.45, 2.75) is 71.7 Å². The van der Waals surface area contributed by atoms with Crippen LogP contribution in [0, 0.1) is 0 Å². The third kappa shape index (κ3) is 6.57. The predicted molar refractivity (Wildman–Crippen MR) is 68.2 cm³/mol. The third-order valence-electron chi connectivity index (χ3n) is 2.39. The van der Waals surface area contributed by atoms with Crippen LogP contribution >= 0.6 is 8.03 Å². The molecular weight excluding hydrogens is 223 g/mol. The molecule has 2 atom stereocenters. The van der Waals surface area contributed by atoms with Crippen LogP contribution in [0.25, 0.3) is 0 Å². The minimum Gasteiger partial charge on any atom is -0.373 e. The van der Waals surface area contributed by atoms with Crippen molar-refractivity contribution in [1.82, 2.24) is 0 Å². The summed E-state index contributed by atoms with van der Waals surface area (Å²) in [5.74, 6) is 0. The summed E-state index contributed by atoms with van der Waals surface area (Å²) in [5.41, 5.74) is -0.177. The van der Waals surface area contributed by atoms with Crippen molar-refractivity contribution in [2.24, 2.45) is 0 Å². The van der Waals surface area contributed by atoms with Crippen LogP contribution in [0.15, 0.2) is 0 Å². The summed E-state index contributed by atoms with van der Waals surface area (Å²) in [5, 5.41) is -0.259. The zero-order valence-electron chi connectivity index (χ0n) is 11.7. The van der Waals surface area contributed by atoms with Gasteiger partial charge in [0.05, 0.1) is 12.2 Å². The van der Waals surface area contributed by atoms with Crippen molar-refractivity contribution in [3.63, 3.8) is 0 Å². The first-order chi connectivity index (χ1) is 7.08. The molecule has 2 unspecified atom stereocenters. The summed E-state index contributed by atoms with van der Waals surface area (Å²) in [6.07, 6.45) is 0.711. The summed E-state index contributed by atoms with van der Waals surface area (Å²) in [7, 11) is -1.64. The minimum absolute atomic E-state index is 0.131. The van der Waals surface area contributed by atoms with E-state index >= 15 is 0 Å². The van der Waals surface area contributed by atoms with E-state index in [2.05, 4.69) is 0 Å². The normalized spacial score (nSPS) is 16.1. The molecule has 0 aliphatic carbocycles. The van der Waals surface area contributed by atoms with E-state index < -0.39 is 8.03 Å². The van der Waals surface area contributed by atoms with E-state index in [1.165, 1.54) is 0 Å². The van der Waals surface area contributed by atoms with Crippen LogP contribution in [0.4, 0.5) is 0 Å². The number of hydrogen-bond donors (Lipinski definition) is 0. The Morgan fingerprint density at radius 3 is 2.06 bits per heavy atom. The van der Waals surface area contributed by atoms with Gasteiger partial charge in [0, 0.05) is 0 Å². The number of ether oxygens (including phenoxy) is 1. The van der Waals surface area contributed by atoms with Gasteiger partial charge in [0.25, 0.3) is 0 Å². The molecule has 0 spiro atoms. The fraction of sp³-hybridized carbons (Fsp3) is 1.00. The Morgan fingerprint density at radius 2 is 1.69 bits per heavy atom. The lowest BCUT2D eigenvalue weighted by molar-refractivity contribution is -0.0365. The summed E-state index contributed by atoms with van der Waals surface area (Å²) >= 11 is 0. The molecule has 0 aromatic carbocycles. The van der Waals surface area contributed by atoms with Crippen LogP contribution in [0.1, 0.15) is 54.9 Å². The lowest BCUT2D eigenvalue weighted by atomic mass is 10.1. The van der Waals surface area contributed by atoms with Gasteiger partial charge in [-0.05, 0) is 52.5 Å². The zero-order chi connectivity index (χ0) is 13.0. The first-order valence-electron chi connectivity index (χ1n) is 5.86. The Kier molecular flexibility index (Phi) is 6.10. The summed E-state index contributed by atoms with van der Waals surface area (Å²) in [6.45, 7) is 14.3. The van der Waals surface area contributed by atoms with E-state index in [0.29, 0.717) is 6.61 Å². The second-order valence-electron chi connectivity index (χ2n) is 5.76. The van der Waals surface area contributed by atoms with Gasteiger partial charge in [-0.3, -0.25) is 0 Å². The summed E-state index contributed by atoms with van der Waals surface area (Å²) in [6, 6.07) is 0. The molecule has 0 aromatic rings.